The van der Waals surface area contributed by atoms with Crippen LogP contribution in [0.15, 0.2) is 78.9 Å². The first kappa shape index (κ1) is 18.1. The van der Waals surface area contributed by atoms with Crippen molar-refractivity contribution in [3.63, 3.8) is 0 Å². The highest BCUT2D eigenvalue weighted by molar-refractivity contribution is 6.31. The van der Waals surface area contributed by atoms with Crippen LogP contribution in [-0.2, 0) is 0 Å². The summed E-state index contributed by atoms with van der Waals surface area (Å²) in [6.07, 6.45) is 0. The van der Waals surface area contributed by atoms with E-state index in [1.165, 1.54) is 0 Å². The molecule has 4 aromatic rings. The summed E-state index contributed by atoms with van der Waals surface area (Å²) in [5.74, 6) is -0.614. The summed E-state index contributed by atoms with van der Waals surface area (Å²) >= 11 is 6.42. The van der Waals surface area contributed by atoms with Crippen molar-refractivity contribution in [3.05, 3.63) is 105 Å². The van der Waals surface area contributed by atoms with Crippen molar-refractivity contribution in [2.75, 3.05) is 6.54 Å². The monoisotopic (exact) mass is 392 g/mol. The lowest BCUT2D eigenvalue weighted by Crippen LogP contribution is -2.15. The number of fused-ring (bicyclic) bond motifs is 1. The Morgan fingerprint density at radius 2 is 1.61 bits per heavy atom. The molecule has 4 rings (SSSR count). The van der Waals surface area contributed by atoms with E-state index in [4.69, 9.17) is 11.6 Å². The molecule has 28 heavy (non-hydrogen) atoms. The van der Waals surface area contributed by atoms with Crippen molar-refractivity contribution < 1.29 is 10.1 Å². The molecule has 6 heteroatoms. The van der Waals surface area contributed by atoms with E-state index in [0.29, 0.717) is 27.4 Å². The van der Waals surface area contributed by atoms with E-state index in [1.807, 2.05) is 54.6 Å². The molecule has 0 saturated heterocycles. The van der Waals surface area contributed by atoms with Crippen LogP contribution in [-0.4, -0.2) is 21.4 Å². The normalized spacial score (nSPS) is 12.2. The van der Waals surface area contributed by atoms with E-state index in [2.05, 4.69) is 0 Å². The minimum absolute atomic E-state index is 0.336. The van der Waals surface area contributed by atoms with Gasteiger partial charge in [-0.25, -0.2) is 0 Å². The number of aromatic nitrogens is 1. The Hall–Kier alpha value is -3.31. The fraction of sp³-hybridized carbons (Fsp3) is 0.0909. The van der Waals surface area contributed by atoms with E-state index in [1.54, 1.807) is 24.3 Å². The molecule has 0 aliphatic heterocycles. The minimum Gasteiger partial charge on any atom is -0.428 e. The van der Waals surface area contributed by atoms with Crippen LogP contribution in [0, 0.1) is 10.1 Å². The summed E-state index contributed by atoms with van der Waals surface area (Å²) in [6.45, 7) is -0.336. The lowest BCUT2D eigenvalue weighted by molar-refractivity contribution is -0.481. The van der Waals surface area contributed by atoms with E-state index in [0.717, 1.165) is 15.7 Å². The topological polar surface area (TPSA) is 68.3 Å². The lowest BCUT2D eigenvalue weighted by atomic mass is 9.87. The minimum atomic E-state index is -0.614. The van der Waals surface area contributed by atoms with Crippen molar-refractivity contribution in [2.24, 2.45) is 0 Å². The van der Waals surface area contributed by atoms with Crippen LogP contribution in [0.5, 0.6) is 0 Å². The second kappa shape index (κ2) is 7.37. The summed E-state index contributed by atoms with van der Waals surface area (Å²) in [4.78, 5) is 11.2. The molecule has 0 unspecified atom stereocenters. The van der Waals surface area contributed by atoms with Crippen molar-refractivity contribution in [2.45, 2.75) is 5.92 Å². The molecule has 1 heterocycles. The van der Waals surface area contributed by atoms with Gasteiger partial charge >= 0.3 is 0 Å². The van der Waals surface area contributed by atoms with E-state index in [-0.39, 0.29) is 11.5 Å². The summed E-state index contributed by atoms with van der Waals surface area (Å²) < 4.78 is 1.11. The molecule has 1 aromatic heterocycles. The summed E-state index contributed by atoms with van der Waals surface area (Å²) in [5, 5.41) is 23.7. The number of nitro groups is 1. The zero-order valence-electron chi connectivity index (χ0n) is 14.8. The van der Waals surface area contributed by atoms with Crippen LogP contribution < -0.4 is 0 Å². The molecule has 0 bridgehead atoms. The average molecular weight is 393 g/mol. The molecule has 0 fully saturated rings. The molecule has 1 N–H and O–H groups in total. The Bertz CT molecular complexity index is 1160. The second-order valence-corrected chi connectivity index (χ2v) is 6.95. The Kier molecular flexibility index (Phi) is 4.75. The zero-order valence-corrected chi connectivity index (χ0v) is 15.6. The van der Waals surface area contributed by atoms with Gasteiger partial charge in [0, 0.05) is 26.5 Å². The highest BCUT2D eigenvalue weighted by atomic mass is 35.5. The molecular formula is C22H17ClN2O3. The smallest absolute Gasteiger partial charge is 0.214 e. The first-order valence-corrected chi connectivity index (χ1v) is 9.20. The van der Waals surface area contributed by atoms with Crippen molar-refractivity contribution >= 4 is 22.5 Å². The standard InChI is InChI=1S/C22H17ClN2O3/c23-19-12-6-4-10-16(19)18(14-24(26)27)21-17-11-5-7-13-20(17)25(28)22(21)15-8-2-1-3-9-15/h1-13,18,28H,14H2/t18-/m1/s1. The molecule has 5 nitrogen and oxygen atoms in total. The maximum Gasteiger partial charge on any atom is 0.214 e. The molecule has 0 aliphatic carbocycles. The van der Waals surface area contributed by atoms with Gasteiger partial charge in [0.15, 0.2) is 0 Å². The first-order chi connectivity index (χ1) is 13.6. The molecule has 0 saturated carbocycles. The Morgan fingerprint density at radius 3 is 2.32 bits per heavy atom. The third kappa shape index (κ3) is 3.10. The predicted molar refractivity (Wildman–Crippen MR) is 110 cm³/mol. The number of nitrogens with zero attached hydrogens (tertiary/aromatic N) is 2. The highest BCUT2D eigenvalue weighted by Crippen LogP contribution is 2.42. The Morgan fingerprint density at radius 1 is 0.964 bits per heavy atom. The third-order valence-electron chi connectivity index (χ3n) is 4.90. The number of halogens is 1. The van der Waals surface area contributed by atoms with Crippen molar-refractivity contribution in [1.29, 1.82) is 0 Å². The van der Waals surface area contributed by atoms with Crippen molar-refractivity contribution in [3.8, 4) is 11.3 Å². The number of rotatable bonds is 5. The zero-order chi connectivity index (χ0) is 19.7. The lowest BCUT2D eigenvalue weighted by Gasteiger charge is -2.17. The number of hydrogen-bond donors (Lipinski definition) is 1. The summed E-state index contributed by atoms with van der Waals surface area (Å²) in [6, 6.07) is 23.9. The fourth-order valence-electron chi connectivity index (χ4n) is 3.73. The molecule has 0 aliphatic rings. The van der Waals surface area contributed by atoms with E-state index < -0.39 is 5.92 Å². The Labute approximate surface area is 166 Å². The molecule has 3 aromatic carbocycles. The largest absolute Gasteiger partial charge is 0.428 e. The molecule has 0 spiro atoms. The van der Waals surface area contributed by atoms with Gasteiger partial charge in [-0.05, 0) is 17.7 Å². The van der Waals surface area contributed by atoms with Crippen LogP contribution in [0.1, 0.15) is 17.0 Å². The average Bonchev–Trinajstić information content (AvgIpc) is 3.00. The van der Waals surface area contributed by atoms with Gasteiger partial charge in [0.2, 0.25) is 6.54 Å². The van der Waals surface area contributed by atoms with Gasteiger partial charge in [0.25, 0.3) is 0 Å². The number of benzene rings is 3. The van der Waals surface area contributed by atoms with Gasteiger partial charge in [0.1, 0.15) is 0 Å². The molecule has 0 amide bonds. The van der Waals surface area contributed by atoms with Gasteiger partial charge < -0.3 is 5.21 Å². The molecule has 140 valence electrons. The maximum atomic E-state index is 11.6. The summed E-state index contributed by atoms with van der Waals surface area (Å²) in [5.41, 5.74) is 3.26. The maximum absolute atomic E-state index is 11.6. The Balaban J connectivity index is 2.07. The second-order valence-electron chi connectivity index (χ2n) is 6.55. The fourth-order valence-corrected chi connectivity index (χ4v) is 3.99. The molecule has 0 radical (unpaired) electrons. The first-order valence-electron chi connectivity index (χ1n) is 8.82. The van der Waals surface area contributed by atoms with Crippen LogP contribution in [0.3, 0.4) is 0 Å². The van der Waals surface area contributed by atoms with Crippen LogP contribution in [0.25, 0.3) is 22.2 Å². The molecular weight excluding hydrogens is 376 g/mol. The van der Waals surface area contributed by atoms with Gasteiger partial charge in [0.05, 0.1) is 17.1 Å². The number of para-hydroxylation sites is 1. The predicted octanol–water partition coefficient (Wildman–Crippen LogP) is 5.61. The van der Waals surface area contributed by atoms with E-state index in [9.17, 15) is 15.3 Å². The summed E-state index contributed by atoms with van der Waals surface area (Å²) in [7, 11) is 0. The van der Waals surface area contributed by atoms with Gasteiger partial charge in [-0.1, -0.05) is 78.3 Å². The highest BCUT2D eigenvalue weighted by Gasteiger charge is 2.30. The van der Waals surface area contributed by atoms with E-state index >= 15 is 0 Å². The van der Waals surface area contributed by atoms with Crippen LogP contribution >= 0.6 is 11.6 Å². The van der Waals surface area contributed by atoms with Gasteiger partial charge in [-0.2, -0.15) is 4.73 Å². The van der Waals surface area contributed by atoms with Gasteiger partial charge in [-0.15, -0.1) is 0 Å². The molecule has 1 atom stereocenters. The SMILES string of the molecule is O=[N+]([O-])C[C@H](c1ccccc1Cl)c1c(-c2ccccc2)n(O)c2ccccc12. The third-order valence-corrected chi connectivity index (χ3v) is 5.24. The van der Waals surface area contributed by atoms with Crippen LogP contribution in [0.4, 0.5) is 0 Å². The van der Waals surface area contributed by atoms with Crippen molar-refractivity contribution in [1.82, 2.24) is 4.73 Å². The number of hydrogen-bond acceptors (Lipinski definition) is 3. The van der Waals surface area contributed by atoms with Crippen LogP contribution in [0.2, 0.25) is 5.02 Å². The quantitative estimate of drug-likeness (QED) is 0.273. The van der Waals surface area contributed by atoms with Gasteiger partial charge in [-0.3, -0.25) is 10.1 Å².